The first-order valence-corrected chi connectivity index (χ1v) is 24.2. The van der Waals surface area contributed by atoms with Crippen molar-refractivity contribution in [2.24, 2.45) is 29.7 Å². The van der Waals surface area contributed by atoms with Gasteiger partial charge in [0.25, 0.3) is 0 Å². The highest BCUT2D eigenvalue weighted by Crippen LogP contribution is 2.59. The molecule has 4 aliphatic carbocycles. The van der Waals surface area contributed by atoms with Gasteiger partial charge in [-0.15, -0.1) is 0 Å². The number of nitrogens with zero attached hydrogens (tertiary/aromatic N) is 6. The summed E-state index contributed by atoms with van der Waals surface area (Å²) < 4.78 is 4.05. The fraction of sp³-hybridized carbons (Fsp3) is 0.279. The number of benzene rings is 5. The predicted molar refractivity (Wildman–Crippen MR) is 269 cm³/mol. The molecule has 0 amide bonds. The zero-order chi connectivity index (χ0) is 47.9. The van der Waals surface area contributed by atoms with Crippen LogP contribution in [0.25, 0.3) is 39.3 Å². The van der Waals surface area contributed by atoms with Crippen LogP contribution in [0.15, 0.2) is 163 Å². The SMILES string of the molecule is Cn1nc2c(c1-c1ccccc1)CCC1C(Cc3ccccc3)(Cc3ccc(-c4cccc(-n5nc(-c6ccccc6)c6c5C5(C)C=C(C#N)C(=O)C(C)(C)C5CC6)c4)cc3)C(=O)C(C#N)=CC21C. The summed E-state index contributed by atoms with van der Waals surface area (Å²) in [6.45, 7) is 8.37. The van der Waals surface area contributed by atoms with Crippen molar-refractivity contribution in [2.45, 2.75) is 77.0 Å². The van der Waals surface area contributed by atoms with E-state index >= 15 is 4.79 Å². The number of hydrogen-bond donors (Lipinski definition) is 0. The Kier molecular flexibility index (Phi) is 10.3. The third kappa shape index (κ3) is 6.75. The highest BCUT2D eigenvalue weighted by Gasteiger charge is 2.60. The normalized spacial score (nSPS) is 24.4. The number of aryl methyl sites for hydroxylation is 1. The molecular weight excluding hydrogens is 849 g/mol. The molecule has 11 rings (SSSR count). The maximum Gasteiger partial charge on any atom is 0.180 e. The van der Waals surface area contributed by atoms with Crippen LogP contribution in [0.4, 0.5) is 0 Å². The maximum atomic E-state index is 15.2. The first kappa shape index (κ1) is 43.9. The van der Waals surface area contributed by atoms with Crippen molar-refractivity contribution in [3.05, 3.63) is 196 Å². The van der Waals surface area contributed by atoms with Crippen molar-refractivity contribution in [1.82, 2.24) is 19.6 Å². The van der Waals surface area contributed by atoms with E-state index in [0.29, 0.717) is 12.8 Å². The third-order valence-corrected chi connectivity index (χ3v) is 16.5. The summed E-state index contributed by atoms with van der Waals surface area (Å²) >= 11 is 0. The summed E-state index contributed by atoms with van der Waals surface area (Å²) in [5.74, 6) is -0.330. The number of hydrogen-bond acceptors (Lipinski definition) is 6. The van der Waals surface area contributed by atoms with E-state index in [1.54, 1.807) is 0 Å². The van der Waals surface area contributed by atoms with Gasteiger partial charge in [0, 0.05) is 51.0 Å². The van der Waals surface area contributed by atoms with Gasteiger partial charge in [0.2, 0.25) is 0 Å². The molecule has 4 aliphatic rings. The number of ketones is 2. The fourth-order valence-corrected chi connectivity index (χ4v) is 13.5. The van der Waals surface area contributed by atoms with Crippen LogP contribution in [0.3, 0.4) is 0 Å². The van der Waals surface area contributed by atoms with Crippen LogP contribution in [-0.2, 0) is 53.2 Å². The summed E-state index contributed by atoms with van der Waals surface area (Å²) in [4.78, 5) is 28.9. The largest absolute Gasteiger partial charge is 0.293 e. The topological polar surface area (TPSA) is 117 Å². The van der Waals surface area contributed by atoms with Gasteiger partial charge in [-0.3, -0.25) is 14.3 Å². The Hall–Kier alpha value is -7.68. The van der Waals surface area contributed by atoms with Gasteiger partial charge in [-0.05, 0) is 84.7 Å². The Morgan fingerprint density at radius 2 is 1.16 bits per heavy atom. The van der Waals surface area contributed by atoms with Crippen molar-refractivity contribution in [3.63, 3.8) is 0 Å². The van der Waals surface area contributed by atoms with E-state index in [0.717, 1.165) is 93.1 Å². The molecule has 5 aromatic carbocycles. The summed E-state index contributed by atoms with van der Waals surface area (Å²) in [6, 6.07) is 52.5. The number of fused-ring (bicyclic) bond motifs is 6. The van der Waals surface area contributed by atoms with Gasteiger partial charge < -0.3 is 0 Å². The first-order chi connectivity index (χ1) is 33.3. The van der Waals surface area contributed by atoms with E-state index in [1.807, 2.05) is 80.2 Å². The van der Waals surface area contributed by atoms with Gasteiger partial charge in [-0.1, -0.05) is 167 Å². The van der Waals surface area contributed by atoms with Gasteiger partial charge >= 0.3 is 0 Å². The van der Waals surface area contributed by atoms with Crippen LogP contribution in [0.1, 0.15) is 74.2 Å². The van der Waals surface area contributed by atoms with Crippen LogP contribution in [0.2, 0.25) is 0 Å². The first-order valence-electron chi connectivity index (χ1n) is 24.2. The lowest BCUT2D eigenvalue weighted by Crippen LogP contribution is -2.56. The minimum Gasteiger partial charge on any atom is -0.293 e. The Labute approximate surface area is 404 Å². The monoisotopic (exact) mass is 902 g/mol. The second-order valence-corrected chi connectivity index (χ2v) is 20.8. The smallest absolute Gasteiger partial charge is 0.180 e. The van der Waals surface area contributed by atoms with Crippen molar-refractivity contribution >= 4 is 11.6 Å². The molecule has 0 fully saturated rings. The van der Waals surface area contributed by atoms with Crippen molar-refractivity contribution in [2.75, 3.05) is 0 Å². The molecule has 8 heteroatoms. The molecule has 0 saturated carbocycles. The molecule has 2 aromatic heterocycles. The number of aromatic nitrogens is 4. The standard InChI is InChI=1S/C61H54N6O2/c1-58(2)50-30-28-48-52(42-18-11-7-12-19-42)64-67(55(48)60(50,4)36-45(37-62)56(58)68)47-23-15-22-44(32-47)41-26-24-40(25-27-41)34-61(33-39-16-9-6-10-17-39)51-31-29-49-53(43-20-13-8-14-21-43)66(5)65-54(49)59(51,3)35-46(38-63)57(61)69/h6-27,32,35-36,50-51H,28-31,33-34H2,1-5H3. The second kappa shape index (κ2) is 16.2. The molecule has 2 heterocycles. The zero-order valence-electron chi connectivity index (χ0n) is 39.8. The number of carbonyl (C=O) groups excluding carboxylic acids is 2. The molecule has 0 radical (unpaired) electrons. The average Bonchev–Trinajstić information content (AvgIpc) is 3.94. The number of carbonyl (C=O) groups is 2. The van der Waals surface area contributed by atoms with E-state index in [2.05, 4.69) is 128 Å². The summed E-state index contributed by atoms with van der Waals surface area (Å²) in [6.07, 6.45) is 7.95. The van der Waals surface area contributed by atoms with Gasteiger partial charge in [0.05, 0.1) is 39.6 Å². The molecule has 8 nitrogen and oxygen atoms in total. The van der Waals surface area contributed by atoms with Crippen LogP contribution < -0.4 is 0 Å². The molecule has 0 aliphatic heterocycles. The molecule has 5 atom stereocenters. The minimum atomic E-state index is -0.915. The molecule has 0 spiro atoms. The number of nitriles is 2. The van der Waals surface area contributed by atoms with Crippen molar-refractivity contribution in [1.29, 1.82) is 10.5 Å². The molecule has 0 saturated heterocycles. The van der Waals surface area contributed by atoms with E-state index in [4.69, 9.17) is 10.2 Å². The highest BCUT2D eigenvalue weighted by atomic mass is 16.1. The van der Waals surface area contributed by atoms with Crippen molar-refractivity contribution in [3.8, 4) is 51.5 Å². The Bertz CT molecular complexity index is 3360. The lowest BCUT2D eigenvalue weighted by atomic mass is 9.48. The lowest BCUT2D eigenvalue weighted by Gasteiger charge is -2.52. The predicted octanol–water partition coefficient (Wildman–Crippen LogP) is 11.8. The molecule has 0 N–H and O–H groups in total. The van der Waals surface area contributed by atoms with Crippen LogP contribution in [0.5, 0.6) is 0 Å². The van der Waals surface area contributed by atoms with Gasteiger partial charge in [-0.2, -0.15) is 20.7 Å². The zero-order valence-corrected chi connectivity index (χ0v) is 39.8. The minimum absolute atomic E-state index is 0.0258. The molecule has 5 unspecified atom stereocenters. The maximum absolute atomic E-state index is 15.2. The molecular formula is C61H54N6O2. The fourth-order valence-electron chi connectivity index (χ4n) is 13.5. The molecule has 69 heavy (non-hydrogen) atoms. The number of rotatable bonds is 8. The van der Waals surface area contributed by atoms with Crippen molar-refractivity contribution < 1.29 is 9.59 Å². The summed E-state index contributed by atoms with van der Waals surface area (Å²) in [5.41, 5.74) is 10.9. The molecule has 7 aromatic rings. The van der Waals surface area contributed by atoms with E-state index < -0.39 is 21.7 Å². The van der Waals surface area contributed by atoms with E-state index in [1.165, 1.54) is 5.56 Å². The summed E-state index contributed by atoms with van der Waals surface area (Å²) in [7, 11) is 2.00. The van der Waals surface area contributed by atoms with Gasteiger partial charge in [-0.25, -0.2) is 4.68 Å². The average molecular weight is 903 g/mol. The summed E-state index contributed by atoms with van der Waals surface area (Å²) in [5, 5.41) is 31.6. The molecule has 340 valence electrons. The Morgan fingerprint density at radius 3 is 1.83 bits per heavy atom. The molecule has 0 bridgehead atoms. The Morgan fingerprint density at radius 1 is 0.594 bits per heavy atom. The highest BCUT2D eigenvalue weighted by molar-refractivity contribution is 6.06. The number of Topliss-reactive ketones (excluding diaryl/α,β-unsaturated/α-hetero) is 2. The second-order valence-electron chi connectivity index (χ2n) is 20.8. The Balaban J connectivity index is 0.989. The van der Waals surface area contributed by atoms with E-state index in [9.17, 15) is 15.3 Å². The van der Waals surface area contributed by atoms with E-state index in [-0.39, 0.29) is 34.5 Å². The third-order valence-electron chi connectivity index (χ3n) is 16.5. The van der Waals surface area contributed by atoms with Crippen LogP contribution >= 0.6 is 0 Å². The quantitative estimate of drug-likeness (QED) is 0.150. The van der Waals surface area contributed by atoms with Gasteiger partial charge in [0.1, 0.15) is 12.1 Å². The van der Waals surface area contributed by atoms with Crippen LogP contribution in [0, 0.1) is 45.3 Å². The number of allylic oxidation sites excluding steroid dienone is 4. The lowest BCUT2D eigenvalue weighted by molar-refractivity contribution is -0.131. The van der Waals surface area contributed by atoms with Crippen LogP contribution in [-0.4, -0.2) is 31.1 Å². The van der Waals surface area contributed by atoms with Gasteiger partial charge in [0.15, 0.2) is 11.6 Å².